The number of unbranched alkanes of at least 4 members (excludes halogenated alkanes) is 3. The molecule has 0 rings (SSSR count). The second kappa shape index (κ2) is 9.44. The summed E-state index contributed by atoms with van der Waals surface area (Å²) in [5.41, 5.74) is 0.482. The highest BCUT2D eigenvalue weighted by Gasteiger charge is 2.05. The quantitative estimate of drug-likeness (QED) is 0.336. The van der Waals surface area contributed by atoms with Gasteiger partial charge in [0.25, 0.3) is 0 Å². The molecule has 0 saturated carbocycles. The van der Waals surface area contributed by atoms with Crippen LogP contribution in [0.15, 0.2) is 12.2 Å². The molecule has 0 spiro atoms. The van der Waals surface area contributed by atoms with Crippen molar-refractivity contribution in [3.05, 3.63) is 12.2 Å². The van der Waals surface area contributed by atoms with E-state index in [-0.39, 0.29) is 5.97 Å². The van der Waals surface area contributed by atoms with Gasteiger partial charge in [-0.05, 0) is 19.3 Å². The van der Waals surface area contributed by atoms with Crippen molar-refractivity contribution in [2.24, 2.45) is 5.92 Å². The molecule has 0 bridgehead atoms. The first-order valence-electron chi connectivity index (χ1n) is 6.40. The average molecular weight is 226 g/mol. The van der Waals surface area contributed by atoms with Crippen LogP contribution in [0.4, 0.5) is 0 Å². The maximum absolute atomic E-state index is 11.1. The van der Waals surface area contributed by atoms with E-state index in [1.807, 2.05) is 0 Å². The highest BCUT2D eigenvalue weighted by atomic mass is 16.5. The van der Waals surface area contributed by atoms with Crippen molar-refractivity contribution in [2.75, 3.05) is 6.61 Å². The highest BCUT2D eigenvalue weighted by molar-refractivity contribution is 5.86. The normalized spacial score (nSPS) is 12.2. The first-order valence-corrected chi connectivity index (χ1v) is 6.40. The second-order valence-electron chi connectivity index (χ2n) is 4.66. The van der Waals surface area contributed by atoms with Gasteiger partial charge in [-0.1, -0.05) is 52.5 Å². The molecule has 0 fully saturated rings. The zero-order valence-corrected chi connectivity index (χ0v) is 11.1. The molecule has 1 unspecified atom stereocenters. The Labute approximate surface area is 100 Å². The Morgan fingerprint density at radius 3 is 2.50 bits per heavy atom. The van der Waals surface area contributed by atoms with Crippen molar-refractivity contribution in [3.63, 3.8) is 0 Å². The van der Waals surface area contributed by atoms with Crippen LogP contribution in [0.5, 0.6) is 0 Å². The fraction of sp³-hybridized carbons (Fsp3) is 0.786. The van der Waals surface area contributed by atoms with Crippen LogP contribution >= 0.6 is 0 Å². The Balaban J connectivity index is 3.40. The van der Waals surface area contributed by atoms with Gasteiger partial charge in [-0.25, -0.2) is 4.79 Å². The highest BCUT2D eigenvalue weighted by Crippen LogP contribution is 2.13. The number of hydrogen-bond acceptors (Lipinski definition) is 2. The monoisotopic (exact) mass is 226 g/mol. The minimum Gasteiger partial charge on any atom is -0.462 e. The summed E-state index contributed by atoms with van der Waals surface area (Å²) in [5.74, 6) is 0.382. The molecule has 0 aliphatic heterocycles. The molecule has 0 aromatic heterocycles. The van der Waals surface area contributed by atoms with Gasteiger partial charge in [-0.3, -0.25) is 0 Å². The van der Waals surface area contributed by atoms with Gasteiger partial charge in [0.1, 0.15) is 0 Å². The standard InChI is InChI=1S/C14H26O2/c1-5-6-7-8-9-13(4)10-11-16-14(15)12(2)3/h13H,2,5-11H2,1,3-4H3. The Hall–Kier alpha value is -0.790. The first kappa shape index (κ1) is 15.2. The molecule has 94 valence electrons. The van der Waals surface area contributed by atoms with Crippen molar-refractivity contribution in [1.82, 2.24) is 0 Å². The molecule has 1 atom stereocenters. The Bertz CT molecular complexity index is 209. The molecule has 16 heavy (non-hydrogen) atoms. The zero-order chi connectivity index (χ0) is 12.4. The molecule has 0 radical (unpaired) electrons. The van der Waals surface area contributed by atoms with Crippen molar-refractivity contribution >= 4 is 5.97 Å². The molecule has 0 N–H and O–H groups in total. The van der Waals surface area contributed by atoms with E-state index in [1.165, 1.54) is 32.1 Å². The van der Waals surface area contributed by atoms with Gasteiger partial charge in [-0.2, -0.15) is 0 Å². The van der Waals surface area contributed by atoms with E-state index in [4.69, 9.17) is 4.74 Å². The minimum absolute atomic E-state index is 0.266. The molecular formula is C14H26O2. The fourth-order valence-corrected chi connectivity index (χ4v) is 1.54. The van der Waals surface area contributed by atoms with E-state index in [0.29, 0.717) is 18.1 Å². The van der Waals surface area contributed by atoms with Crippen LogP contribution in [0.1, 0.15) is 59.3 Å². The molecule has 2 heteroatoms. The summed E-state index contributed by atoms with van der Waals surface area (Å²) < 4.78 is 5.06. The number of esters is 1. The van der Waals surface area contributed by atoms with Crippen LogP contribution in [-0.4, -0.2) is 12.6 Å². The van der Waals surface area contributed by atoms with Gasteiger partial charge in [0.15, 0.2) is 0 Å². The number of ether oxygens (including phenoxy) is 1. The molecule has 0 aliphatic carbocycles. The summed E-state index contributed by atoms with van der Waals surface area (Å²) in [4.78, 5) is 11.1. The maximum atomic E-state index is 11.1. The predicted octanol–water partition coefficient (Wildman–Crippen LogP) is 4.10. The molecule has 0 heterocycles. The van der Waals surface area contributed by atoms with Gasteiger partial charge in [0, 0.05) is 5.57 Å². The Morgan fingerprint density at radius 1 is 1.25 bits per heavy atom. The molecule has 0 aromatic rings. The van der Waals surface area contributed by atoms with Crippen LogP contribution in [0.25, 0.3) is 0 Å². The summed E-state index contributed by atoms with van der Waals surface area (Å²) >= 11 is 0. The smallest absolute Gasteiger partial charge is 0.333 e. The van der Waals surface area contributed by atoms with E-state index in [1.54, 1.807) is 6.92 Å². The molecule has 0 aromatic carbocycles. The van der Waals surface area contributed by atoms with E-state index < -0.39 is 0 Å². The Kier molecular flexibility index (Phi) is 8.97. The summed E-state index contributed by atoms with van der Waals surface area (Å²) in [6.45, 7) is 10.2. The first-order chi connectivity index (χ1) is 7.57. The number of carbonyl (C=O) groups excluding carboxylic acids is 1. The van der Waals surface area contributed by atoms with Gasteiger partial charge in [-0.15, -0.1) is 0 Å². The van der Waals surface area contributed by atoms with E-state index >= 15 is 0 Å². The summed E-state index contributed by atoms with van der Waals surface area (Å²) in [6.07, 6.45) is 7.44. The van der Waals surface area contributed by atoms with Crippen molar-refractivity contribution in [3.8, 4) is 0 Å². The Morgan fingerprint density at radius 2 is 1.94 bits per heavy atom. The van der Waals surface area contributed by atoms with Gasteiger partial charge in [0.05, 0.1) is 6.61 Å². The second-order valence-corrected chi connectivity index (χ2v) is 4.66. The lowest BCUT2D eigenvalue weighted by Gasteiger charge is -2.11. The largest absolute Gasteiger partial charge is 0.462 e. The summed E-state index contributed by atoms with van der Waals surface area (Å²) in [6, 6.07) is 0. The predicted molar refractivity (Wildman–Crippen MR) is 68.3 cm³/mol. The zero-order valence-electron chi connectivity index (χ0n) is 11.1. The van der Waals surface area contributed by atoms with E-state index in [0.717, 1.165) is 6.42 Å². The molecule has 2 nitrogen and oxygen atoms in total. The molecule has 0 amide bonds. The van der Waals surface area contributed by atoms with Crippen molar-refractivity contribution in [1.29, 1.82) is 0 Å². The lowest BCUT2D eigenvalue weighted by atomic mass is 10.00. The van der Waals surface area contributed by atoms with Crippen LogP contribution in [0, 0.1) is 5.92 Å². The van der Waals surface area contributed by atoms with Crippen molar-refractivity contribution < 1.29 is 9.53 Å². The topological polar surface area (TPSA) is 26.3 Å². The van der Waals surface area contributed by atoms with Gasteiger partial charge >= 0.3 is 5.97 Å². The van der Waals surface area contributed by atoms with Crippen molar-refractivity contribution in [2.45, 2.75) is 59.3 Å². The van der Waals surface area contributed by atoms with Crippen LogP contribution in [0.2, 0.25) is 0 Å². The van der Waals surface area contributed by atoms with Crippen LogP contribution in [0.3, 0.4) is 0 Å². The number of hydrogen-bond donors (Lipinski definition) is 0. The average Bonchev–Trinajstić information content (AvgIpc) is 2.24. The minimum atomic E-state index is -0.266. The number of carbonyl (C=O) groups is 1. The van der Waals surface area contributed by atoms with Crippen LogP contribution < -0.4 is 0 Å². The maximum Gasteiger partial charge on any atom is 0.333 e. The van der Waals surface area contributed by atoms with Gasteiger partial charge < -0.3 is 4.74 Å². The third kappa shape index (κ3) is 8.51. The SMILES string of the molecule is C=C(C)C(=O)OCCC(C)CCCCCC. The molecular weight excluding hydrogens is 200 g/mol. The third-order valence-corrected chi connectivity index (χ3v) is 2.74. The lowest BCUT2D eigenvalue weighted by molar-refractivity contribution is -0.139. The van der Waals surface area contributed by atoms with Gasteiger partial charge in [0.2, 0.25) is 0 Å². The fourth-order valence-electron chi connectivity index (χ4n) is 1.54. The van der Waals surface area contributed by atoms with Crippen LogP contribution in [-0.2, 0) is 9.53 Å². The summed E-state index contributed by atoms with van der Waals surface area (Å²) in [5, 5.41) is 0. The molecule has 0 saturated heterocycles. The third-order valence-electron chi connectivity index (χ3n) is 2.74. The molecule has 0 aliphatic rings. The summed E-state index contributed by atoms with van der Waals surface area (Å²) in [7, 11) is 0. The van der Waals surface area contributed by atoms with E-state index in [2.05, 4.69) is 20.4 Å². The lowest BCUT2D eigenvalue weighted by Crippen LogP contribution is -2.09. The number of rotatable bonds is 9. The van der Waals surface area contributed by atoms with E-state index in [9.17, 15) is 4.79 Å².